The lowest BCUT2D eigenvalue weighted by atomic mass is 10.1. The average molecular weight is 310 g/mol. The van der Waals surface area contributed by atoms with Crippen LogP contribution in [0, 0.1) is 0 Å². The summed E-state index contributed by atoms with van der Waals surface area (Å²) in [5, 5.41) is 8.51. The molecule has 0 aliphatic heterocycles. The molecule has 0 aliphatic rings. The van der Waals surface area contributed by atoms with Gasteiger partial charge in [-0.15, -0.1) is 11.8 Å². The van der Waals surface area contributed by atoms with Crippen LogP contribution in [0.25, 0.3) is 0 Å². The first kappa shape index (κ1) is 15.4. The van der Waals surface area contributed by atoms with Crippen molar-refractivity contribution in [1.29, 1.82) is 0 Å². The van der Waals surface area contributed by atoms with Gasteiger partial charge in [-0.3, -0.25) is 4.68 Å². The molecule has 0 saturated carbocycles. The number of halogens is 1. The predicted molar refractivity (Wildman–Crippen MR) is 86.6 cm³/mol. The van der Waals surface area contributed by atoms with Crippen molar-refractivity contribution in [2.24, 2.45) is 0 Å². The summed E-state index contributed by atoms with van der Waals surface area (Å²) < 4.78 is 1.96. The molecule has 2 rings (SSSR count). The Morgan fingerprint density at radius 2 is 2.20 bits per heavy atom. The quantitative estimate of drug-likeness (QED) is 0.794. The Labute approximate surface area is 129 Å². The Morgan fingerprint density at radius 3 is 2.85 bits per heavy atom. The molecule has 0 amide bonds. The summed E-state index contributed by atoms with van der Waals surface area (Å²) in [4.78, 5) is 1.14. The molecule has 0 aliphatic carbocycles. The second-order valence-electron chi connectivity index (χ2n) is 4.64. The molecule has 1 unspecified atom stereocenters. The largest absolute Gasteiger partial charge is 0.316 e. The third kappa shape index (κ3) is 4.27. The van der Waals surface area contributed by atoms with Crippen molar-refractivity contribution >= 4 is 23.4 Å². The number of nitrogens with one attached hydrogen (secondary N) is 1. The van der Waals surface area contributed by atoms with E-state index in [1.807, 2.05) is 36.1 Å². The molecule has 0 radical (unpaired) electrons. The van der Waals surface area contributed by atoms with Crippen LogP contribution < -0.4 is 5.32 Å². The van der Waals surface area contributed by atoms with Crippen LogP contribution in [0.3, 0.4) is 0 Å². The molecule has 1 heterocycles. The van der Waals surface area contributed by atoms with Crippen molar-refractivity contribution < 1.29 is 0 Å². The Bertz CT molecular complexity index is 541. The fraction of sp³-hybridized carbons (Fsp3) is 0.400. The molecular formula is C15H20ClN3S. The van der Waals surface area contributed by atoms with Crippen LogP contribution >= 0.6 is 23.4 Å². The van der Waals surface area contributed by atoms with Gasteiger partial charge in [-0.1, -0.05) is 23.7 Å². The molecule has 1 aromatic carbocycles. The SMILES string of the molecule is CCn1cc(CC(CSc2ccccc2Cl)NC)cn1. The van der Waals surface area contributed by atoms with E-state index in [4.69, 9.17) is 11.6 Å². The molecular weight excluding hydrogens is 290 g/mol. The number of aryl methyl sites for hydroxylation is 1. The van der Waals surface area contributed by atoms with E-state index in [9.17, 15) is 0 Å². The summed E-state index contributed by atoms with van der Waals surface area (Å²) in [5.41, 5.74) is 1.27. The van der Waals surface area contributed by atoms with Gasteiger partial charge in [-0.2, -0.15) is 5.10 Å². The van der Waals surface area contributed by atoms with Crippen molar-refractivity contribution in [3.63, 3.8) is 0 Å². The maximum absolute atomic E-state index is 6.18. The molecule has 0 fully saturated rings. The van der Waals surface area contributed by atoms with Crippen LogP contribution in [-0.2, 0) is 13.0 Å². The van der Waals surface area contributed by atoms with Crippen molar-refractivity contribution in [2.75, 3.05) is 12.8 Å². The number of nitrogens with zero attached hydrogens (tertiary/aromatic N) is 2. The molecule has 108 valence electrons. The number of rotatable bonds is 7. The van der Waals surface area contributed by atoms with Crippen LogP contribution in [0.15, 0.2) is 41.6 Å². The van der Waals surface area contributed by atoms with Gasteiger partial charge in [0, 0.05) is 29.4 Å². The number of thioether (sulfide) groups is 1. The maximum Gasteiger partial charge on any atom is 0.0541 e. The topological polar surface area (TPSA) is 29.9 Å². The van der Waals surface area contributed by atoms with Gasteiger partial charge in [-0.05, 0) is 38.1 Å². The summed E-state index contributed by atoms with van der Waals surface area (Å²) in [7, 11) is 2.00. The highest BCUT2D eigenvalue weighted by molar-refractivity contribution is 7.99. The Morgan fingerprint density at radius 1 is 1.40 bits per heavy atom. The van der Waals surface area contributed by atoms with Gasteiger partial charge in [0.2, 0.25) is 0 Å². The number of aromatic nitrogens is 2. The number of hydrogen-bond acceptors (Lipinski definition) is 3. The lowest BCUT2D eigenvalue weighted by Gasteiger charge is -2.15. The summed E-state index contributed by atoms with van der Waals surface area (Å²) in [6.45, 7) is 3.01. The maximum atomic E-state index is 6.18. The van der Waals surface area contributed by atoms with Crippen LogP contribution in [-0.4, -0.2) is 28.6 Å². The fourth-order valence-electron chi connectivity index (χ4n) is 1.97. The molecule has 3 nitrogen and oxygen atoms in total. The smallest absolute Gasteiger partial charge is 0.0541 e. The molecule has 0 saturated heterocycles. The first-order valence-electron chi connectivity index (χ1n) is 6.78. The summed E-state index contributed by atoms with van der Waals surface area (Å²) >= 11 is 7.97. The zero-order valence-corrected chi connectivity index (χ0v) is 13.4. The number of benzene rings is 1. The molecule has 0 spiro atoms. The van der Waals surface area contributed by atoms with E-state index in [-0.39, 0.29) is 0 Å². The molecule has 5 heteroatoms. The van der Waals surface area contributed by atoms with E-state index in [1.165, 1.54) is 5.56 Å². The molecule has 1 atom stereocenters. The molecule has 20 heavy (non-hydrogen) atoms. The number of hydrogen-bond donors (Lipinski definition) is 1. The number of likely N-dealkylation sites (N-methyl/N-ethyl adjacent to an activating group) is 1. The van der Waals surface area contributed by atoms with Gasteiger partial charge in [-0.25, -0.2) is 0 Å². The summed E-state index contributed by atoms with van der Waals surface area (Å²) in [5.74, 6) is 0.984. The Hall–Kier alpha value is -0.970. The minimum atomic E-state index is 0.408. The predicted octanol–water partition coefficient (Wildman–Crippen LogP) is 3.48. The highest BCUT2D eigenvalue weighted by Gasteiger charge is 2.10. The first-order chi connectivity index (χ1) is 9.72. The second-order valence-corrected chi connectivity index (χ2v) is 6.10. The van der Waals surface area contributed by atoms with Crippen molar-refractivity contribution in [3.05, 3.63) is 47.2 Å². The molecule has 1 N–H and O–H groups in total. The van der Waals surface area contributed by atoms with Gasteiger partial charge >= 0.3 is 0 Å². The summed E-state index contributed by atoms with van der Waals surface area (Å²) in [6.07, 6.45) is 5.05. The van der Waals surface area contributed by atoms with Gasteiger partial charge < -0.3 is 5.32 Å². The van der Waals surface area contributed by atoms with E-state index in [2.05, 4.69) is 29.6 Å². The van der Waals surface area contributed by atoms with E-state index in [1.54, 1.807) is 11.8 Å². The fourth-order valence-corrected chi connectivity index (χ4v) is 3.31. The Kier molecular flexibility index (Phi) is 5.95. The van der Waals surface area contributed by atoms with Crippen LogP contribution in [0.1, 0.15) is 12.5 Å². The molecule has 0 bridgehead atoms. The van der Waals surface area contributed by atoms with Gasteiger partial charge in [0.05, 0.1) is 11.2 Å². The Balaban J connectivity index is 1.91. The van der Waals surface area contributed by atoms with Crippen LogP contribution in [0.2, 0.25) is 5.02 Å². The third-order valence-electron chi connectivity index (χ3n) is 3.18. The zero-order chi connectivity index (χ0) is 14.4. The molecule has 1 aromatic heterocycles. The van der Waals surface area contributed by atoms with E-state index >= 15 is 0 Å². The average Bonchev–Trinajstić information content (AvgIpc) is 2.92. The van der Waals surface area contributed by atoms with Gasteiger partial charge in [0.1, 0.15) is 0 Å². The van der Waals surface area contributed by atoms with E-state index < -0.39 is 0 Å². The minimum absolute atomic E-state index is 0.408. The lowest BCUT2D eigenvalue weighted by Crippen LogP contribution is -2.29. The highest BCUT2D eigenvalue weighted by atomic mass is 35.5. The van der Waals surface area contributed by atoms with Gasteiger partial charge in [0.15, 0.2) is 0 Å². The van der Waals surface area contributed by atoms with Crippen molar-refractivity contribution in [3.8, 4) is 0 Å². The van der Waals surface area contributed by atoms with Gasteiger partial charge in [0.25, 0.3) is 0 Å². The van der Waals surface area contributed by atoms with Crippen LogP contribution in [0.4, 0.5) is 0 Å². The third-order valence-corrected chi connectivity index (χ3v) is 4.86. The van der Waals surface area contributed by atoms with Crippen molar-refractivity contribution in [2.45, 2.75) is 30.8 Å². The zero-order valence-electron chi connectivity index (χ0n) is 11.8. The second kappa shape index (κ2) is 7.72. The van der Waals surface area contributed by atoms with Crippen LogP contribution in [0.5, 0.6) is 0 Å². The lowest BCUT2D eigenvalue weighted by molar-refractivity contribution is 0.615. The molecule has 2 aromatic rings. The summed E-state index contributed by atoms with van der Waals surface area (Å²) in [6, 6.07) is 8.39. The van der Waals surface area contributed by atoms with E-state index in [0.717, 1.165) is 28.6 Å². The monoisotopic (exact) mass is 309 g/mol. The normalized spacial score (nSPS) is 12.6. The highest BCUT2D eigenvalue weighted by Crippen LogP contribution is 2.27. The first-order valence-corrected chi connectivity index (χ1v) is 8.15. The minimum Gasteiger partial charge on any atom is -0.316 e. The van der Waals surface area contributed by atoms with E-state index in [0.29, 0.717) is 6.04 Å². The standard InChI is InChI=1S/C15H20ClN3S/c1-3-19-10-12(9-18-19)8-13(17-2)11-20-15-7-5-4-6-14(15)16/h4-7,9-10,13,17H,3,8,11H2,1-2H3. The van der Waals surface area contributed by atoms with Crippen molar-refractivity contribution in [1.82, 2.24) is 15.1 Å².